The monoisotopic (exact) mass is 788 g/mol. The number of piperidine rings is 2. The van der Waals surface area contributed by atoms with Gasteiger partial charge >= 0.3 is 23.7 Å². The highest BCUT2D eigenvalue weighted by Crippen LogP contribution is 2.33. The summed E-state index contributed by atoms with van der Waals surface area (Å²) < 4.78 is 25.7. The number of pyridine rings is 4. The highest BCUT2D eigenvalue weighted by Gasteiger charge is 2.34. The number of rotatable bonds is 6. The molecule has 2 saturated heterocycles. The first-order chi connectivity index (χ1) is 27.2. The molecule has 8 N–H and O–H groups in total. The minimum absolute atomic E-state index is 0.270. The summed E-state index contributed by atoms with van der Waals surface area (Å²) in [5.41, 5.74) is 15.5. The van der Waals surface area contributed by atoms with E-state index in [0.29, 0.717) is 54.9 Å². The van der Waals surface area contributed by atoms with Crippen molar-refractivity contribution in [3.8, 4) is 0 Å². The lowest BCUT2D eigenvalue weighted by Crippen LogP contribution is -2.46. The Morgan fingerprint density at radius 2 is 1.28 bits per heavy atom. The molecule has 0 aromatic carbocycles. The molecule has 4 atom stereocenters. The Bertz CT molecular complexity index is 1990. The smallest absolute Gasteiger partial charge is 0.394 e. The zero-order valence-corrected chi connectivity index (χ0v) is 32.5. The lowest BCUT2D eigenvalue weighted by atomic mass is 9.90. The lowest BCUT2D eigenvalue weighted by molar-refractivity contribution is -0.147. The number of aryl methyl sites for hydroxylation is 2. The number of carbonyl (C=O) groups is 4. The highest BCUT2D eigenvalue weighted by atomic mass is 19.1. The average Bonchev–Trinajstić information content (AvgIpc) is 3.20. The Morgan fingerprint density at radius 3 is 1.75 bits per heavy atom. The van der Waals surface area contributed by atoms with Crippen molar-refractivity contribution in [1.29, 1.82) is 0 Å². The first-order valence-corrected chi connectivity index (χ1v) is 18.8. The number of carboxylic acid groups (broad SMARTS) is 1. The second-order valence-electron chi connectivity index (χ2n) is 14.1. The van der Waals surface area contributed by atoms with Crippen molar-refractivity contribution in [2.75, 3.05) is 35.2 Å². The molecule has 57 heavy (non-hydrogen) atoms. The van der Waals surface area contributed by atoms with Crippen molar-refractivity contribution in [2.24, 2.45) is 11.8 Å². The summed E-state index contributed by atoms with van der Waals surface area (Å²) in [6.07, 6.45) is 11.1. The molecule has 0 radical (unpaired) electrons. The van der Waals surface area contributed by atoms with Gasteiger partial charge in [-0.25, -0.2) is 24.7 Å². The minimum Gasteiger partial charge on any atom is -0.474 e. The maximum Gasteiger partial charge on any atom is 0.394 e. The Labute approximate surface area is 330 Å². The van der Waals surface area contributed by atoms with E-state index in [4.69, 9.17) is 16.6 Å². The third-order valence-electron chi connectivity index (χ3n) is 9.70. The molecule has 2 fully saturated rings. The molecule has 0 aliphatic carbocycles. The molecule has 4 aromatic heterocycles. The number of amides is 3. The molecule has 0 saturated carbocycles. The van der Waals surface area contributed by atoms with Crippen LogP contribution in [0, 0.1) is 23.7 Å². The summed E-state index contributed by atoms with van der Waals surface area (Å²) in [6, 6.07) is 9.49. The van der Waals surface area contributed by atoms with Crippen LogP contribution >= 0.6 is 0 Å². The molecule has 6 rings (SSSR count). The number of carbonyl (C=O) groups excluding carboxylic acids is 3. The van der Waals surface area contributed by atoms with Crippen LogP contribution in [-0.4, -0.2) is 66.7 Å². The largest absolute Gasteiger partial charge is 0.474 e. The number of carboxylic acids is 1. The topological polar surface area (TPSA) is 231 Å². The van der Waals surface area contributed by atoms with Gasteiger partial charge in [0, 0.05) is 25.0 Å². The van der Waals surface area contributed by atoms with E-state index in [1.807, 2.05) is 26.8 Å². The molecule has 0 unspecified atom stereocenters. The maximum absolute atomic E-state index is 13.2. The standard InChI is InChI=1S/C20H24FN5O2.C11H15FN2.C9H11N3O3/c1-3-13-8-15(10-24-18(13)22)25-19(27)20(28)26-11-12(2)4-6-16(26)14-5-7-17(21)23-9-14;1-8-2-4-10(13-6-8)9-3-5-11(12)14-7-9;1-2-5-3-6(4-11-7(5)10)12-8(13)9(14)15/h5,7-10,12,16H,3-4,6,11H2,1-2H3,(H2,22,24)(H,25,27);3,5,7-8,10,13H,2,4,6H2,1H3;3-4H,2H2,1H3,(H2,10,11)(H,12,13)(H,14,15)/t12-,16+;8-,10+;/m00./s1. The van der Waals surface area contributed by atoms with Gasteiger partial charge in [-0.05, 0) is 103 Å². The third kappa shape index (κ3) is 12.7. The number of hydrogen-bond donors (Lipinski definition) is 6. The van der Waals surface area contributed by atoms with E-state index < -0.39 is 35.6 Å². The van der Waals surface area contributed by atoms with Crippen LogP contribution in [0.4, 0.5) is 31.8 Å². The first kappa shape index (κ1) is 43.6. The number of likely N-dealkylation sites (tertiary alicyclic amines) is 1. The minimum atomic E-state index is -1.54. The number of nitrogen functional groups attached to an aromatic ring is 2. The van der Waals surface area contributed by atoms with Gasteiger partial charge in [0.1, 0.15) is 11.6 Å². The van der Waals surface area contributed by atoms with Gasteiger partial charge in [0.05, 0.1) is 29.8 Å². The van der Waals surface area contributed by atoms with Gasteiger partial charge in [0.25, 0.3) is 0 Å². The fraction of sp³-hybridized carbons (Fsp3) is 0.400. The summed E-state index contributed by atoms with van der Waals surface area (Å²) in [5, 5.41) is 16.6. The number of aromatic nitrogens is 4. The van der Waals surface area contributed by atoms with Gasteiger partial charge in [-0.1, -0.05) is 39.8 Å². The Morgan fingerprint density at radius 1 is 0.754 bits per heavy atom. The van der Waals surface area contributed by atoms with Crippen molar-refractivity contribution in [3.05, 3.63) is 95.3 Å². The zero-order valence-electron chi connectivity index (χ0n) is 32.5. The van der Waals surface area contributed by atoms with Crippen molar-refractivity contribution in [2.45, 2.75) is 78.3 Å². The Kier molecular flexibility index (Phi) is 15.9. The number of nitrogens with zero attached hydrogens (tertiary/aromatic N) is 5. The van der Waals surface area contributed by atoms with Gasteiger partial charge < -0.3 is 37.4 Å². The fourth-order valence-electron chi connectivity index (χ4n) is 6.43. The number of nitrogens with two attached hydrogens (primary N) is 2. The lowest BCUT2D eigenvalue weighted by Gasteiger charge is -2.38. The second kappa shape index (κ2) is 20.7. The molecule has 2 aliphatic rings. The molecule has 0 spiro atoms. The van der Waals surface area contributed by atoms with E-state index >= 15 is 0 Å². The average molecular weight is 789 g/mol. The Balaban J connectivity index is 0.000000209. The summed E-state index contributed by atoms with van der Waals surface area (Å²) in [6.45, 7) is 9.59. The van der Waals surface area contributed by atoms with Crippen molar-refractivity contribution < 1.29 is 33.1 Å². The first-order valence-electron chi connectivity index (χ1n) is 18.8. The quantitative estimate of drug-likeness (QED) is 0.109. The predicted molar refractivity (Wildman–Crippen MR) is 211 cm³/mol. The molecule has 6 heterocycles. The van der Waals surface area contributed by atoms with Crippen LogP contribution in [0.3, 0.4) is 0 Å². The van der Waals surface area contributed by atoms with Crippen LogP contribution in [0.2, 0.25) is 0 Å². The van der Waals surface area contributed by atoms with Gasteiger partial charge in [0.2, 0.25) is 11.9 Å². The van der Waals surface area contributed by atoms with Crippen LogP contribution in [0.1, 0.15) is 87.7 Å². The summed E-state index contributed by atoms with van der Waals surface area (Å²) >= 11 is 0. The van der Waals surface area contributed by atoms with Crippen molar-refractivity contribution in [3.63, 3.8) is 0 Å². The Hall–Kier alpha value is -6.10. The number of aliphatic carboxylic acids is 1. The SMILES string of the molecule is CCc1cc(NC(=O)C(=O)N2C[C@@H](C)CC[C@@H]2c2ccc(F)nc2)cnc1N.CCc1cc(NC(=O)C(=O)O)cnc1N.C[C@H]1CC[C@H](c2ccc(F)nc2)NC1. The van der Waals surface area contributed by atoms with E-state index in [1.54, 1.807) is 29.3 Å². The van der Waals surface area contributed by atoms with E-state index in [0.717, 1.165) is 47.6 Å². The van der Waals surface area contributed by atoms with E-state index in [2.05, 4.69) is 42.8 Å². The number of anilines is 4. The third-order valence-corrected chi connectivity index (χ3v) is 9.70. The van der Waals surface area contributed by atoms with Crippen molar-refractivity contribution >= 4 is 46.7 Å². The number of nitrogens with one attached hydrogen (secondary N) is 3. The van der Waals surface area contributed by atoms with Crippen LogP contribution < -0.4 is 27.4 Å². The molecule has 4 aromatic rings. The normalized spacial score (nSPS) is 18.8. The van der Waals surface area contributed by atoms with Gasteiger partial charge in [-0.2, -0.15) is 8.78 Å². The van der Waals surface area contributed by atoms with E-state index in [-0.39, 0.29) is 12.0 Å². The molecular formula is C40H50F2N10O5. The molecule has 3 amide bonds. The molecule has 0 bridgehead atoms. The zero-order chi connectivity index (χ0) is 41.6. The summed E-state index contributed by atoms with van der Waals surface area (Å²) in [7, 11) is 0. The maximum atomic E-state index is 13.2. The molecule has 15 nitrogen and oxygen atoms in total. The van der Waals surface area contributed by atoms with Crippen LogP contribution in [0.15, 0.2) is 61.2 Å². The van der Waals surface area contributed by atoms with Gasteiger partial charge in [-0.15, -0.1) is 0 Å². The molecule has 2 aliphatic heterocycles. The van der Waals surface area contributed by atoms with Gasteiger partial charge in [-0.3, -0.25) is 14.4 Å². The second-order valence-corrected chi connectivity index (χ2v) is 14.1. The van der Waals surface area contributed by atoms with Crippen LogP contribution in [-0.2, 0) is 32.0 Å². The number of hydrogen-bond acceptors (Lipinski definition) is 11. The molecular weight excluding hydrogens is 739 g/mol. The van der Waals surface area contributed by atoms with E-state index in [1.165, 1.54) is 37.1 Å². The molecule has 304 valence electrons. The molecule has 17 heteroatoms. The van der Waals surface area contributed by atoms with E-state index in [9.17, 15) is 28.0 Å². The van der Waals surface area contributed by atoms with Gasteiger partial charge in [0.15, 0.2) is 0 Å². The van der Waals surface area contributed by atoms with Crippen LogP contribution in [0.5, 0.6) is 0 Å². The van der Waals surface area contributed by atoms with Crippen molar-refractivity contribution in [1.82, 2.24) is 30.2 Å². The summed E-state index contributed by atoms with van der Waals surface area (Å²) in [4.78, 5) is 63.4. The summed E-state index contributed by atoms with van der Waals surface area (Å²) in [5.74, 6) is -3.17. The predicted octanol–water partition coefficient (Wildman–Crippen LogP) is 5.23. The van der Waals surface area contributed by atoms with Crippen LogP contribution in [0.25, 0.3) is 0 Å². The highest BCUT2D eigenvalue weighted by molar-refractivity contribution is 6.39. The fourth-order valence-corrected chi connectivity index (χ4v) is 6.43. The number of halogens is 2.